The van der Waals surface area contributed by atoms with Crippen molar-refractivity contribution in [1.82, 2.24) is 19.9 Å². The van der Waals surface area contributed by atoms with Crippen LogP contribution in [0.4, 0.5) is 0 Å². The zero-order chi connectivity index (χ0) is 12.7. The molecule has 2 unspecified atom stereocenters. The van der Waals surface area contributed by atoms with Crippen LogP contribution in [-0.2, 0) is 18.4 Å². The summed E-state index contributed by atoms with van der Waals surface area (Å²) < 4.78 is 1.68. The third kappa shape index (κ3) is 1.91. The van der Waals surface area contributed by atoms with Crippen LogP contribution in [-0.4, -0.2) is 32.3 Å². The van der Waals surface area contributed by atoms with Crippen LogP contribution in [0.15, 0.2) is 6.20 Å². The van der Waals surface area contributed by atoms with Crippen molar-refractivity contribution >= 4 is 5.91 Å². The second-order valence-electron chi connectivity index (χ2n) is 5.52. The van der Waals surface area contributed by atoms with E-state index in [0.29, 0.717) is 30.2 Å². The van der Waals surface area contributed by atoms with E-state index in [1.807, 2.05) is 25.1 Å². The van der Waals surface area contributed by atoms with Gasteiger partial charge in [-0.1, -0.05) is 11.6 Å². The minimum absolute atomic E-state index is 0.315. The Kier molecular flexibility index (Phi) is 2.84. The summed E-state index contributed by atoms with van der Waals surface area (Å²) in [5, 5.41) is 7.97. The molecule has 5 nitrogen and oxygen atoms in total. The normalized spacial score (nSPS) is 29.1. The molecule has 1 heterocycles. The van der Waals surface area contributed by atoms with Crippen molar-refractivity contribution in [2.45, 2.75) is 32.7 Å². The number of aromatic nitrogens is 3. The summed E-state index contributed by atoms with van der Waals surface area (Å²) in [4.78, 5) is 14.4. The molecule has 18 heavy (non-hydrogen) atoms. The van der Waals surface area contributed by atoms with Crippen LogP contribution in [0, 0.1) is 17.8 Å². The molecule has 0 aliphatic heterocycles. The lowest BCUT2D eigenvalue weighted by atomic mass is 10.1. The number of hydrogen-bond donors (Lipinski definition) is 0. The van der Waals surface area contributed by atoms with E-state index in [4.69, 9.17) is 0 Å². The quantitative estimate of drug-likeness (QED) is 0.804. The fraction of sp³-hybridized carbons (Fsp3) is 0.769. The molecule has 2 aliphatic rings. The molecule has 5 heteroatoms. The standard InChI is InChI=1S/C13H20N4O/c1-3-17(8-9-7-16(2)15-14-9)13(18)12-10-5-4-6-11(10)12/h7,10-12H,3-6,8H2,1-2H3. The third-order valence-corrected chi connectivity index (χ3v) is 4.39. The average Bonchev–Trinajstić information content (AvgIpc) is 2.73. The summed E-state index contributed by atoms with van der Waals surface area (Å²) in [6.07, 6.45) is 5.70. The van der Waals surface area contributed by atoms with Gasteiger partial charge in [-0.3, -0.25) is 9.48 Å². The molecular formula is C13H20N4O. The number of aryl methyl sites for hydroxylation is 1. The number of rotatable bonds is 4. The van der Waals surface area contributed by atoms with Crippen molar-refractivity contribution in [3.63, 3.8) is 0 Å². The maximum atomic E-state index is 12.4. The summed E-state index contributed by atoms with van der Waals surface area (Å²) in [5.41, 5.74) is 0.874. The largest absolute Gasteiger partial charge is 0.337 e. The van der Waals surface area contributed by atoms with E-state index in [1.54, 1.807) is 4.68 Å². The molecule has 0 aromatic carbocycles. The molecule has 0 N–H and O–H groups in total. The maximum Gasteiger partial charge on any atom is 0.226 e. The Labute approximate surface area is 107 Å². The van der Waals surface area contributed by atoms with Crippen LogP contribution in [0.1, 0.15) is 31.9 Å². The first kappa shape index (κ1) is 11.7. The van der Waals surface area contributed by atoms with Gasteiger partial charge in [0.2, 0.25) is 5.91 Å². The fourth-order valence-electron chi connectivity index (χ4n) is 3.41. The smallest absolute Gasteiger partial charge is 0.226 e. The predicted molar refractivity (Wildman–Crippen MR) is 66.4 cm³/mol. The van der Waals surface area contributed by atoms with Crippen molar-refractivity contribution in [1.29, 1.82) is 0 Å². The number of amides is 1. The van der Waals surface area contributed by atoms with Gasteiger partial charge >= 0.3 is 0 Å². The van der Waals surface area contributed by atoms with Crippen molar-refractivity contribution in [3.05, 3.63) is 11.9 Å². The van der Waals surface area contributed by atoms with Crippen LogP contribution < -0.4 is 0 Å². The first-order valence-corrected chi connectivity index (χ1v) is 6.84. The fourth-order valence-corrected chi connectivity index (χ4v) is 3.41. The number of hydrogen-bond acceptors (Lipinski definition) is 3. The zero-order valence-corrected chi connectivity index (χ0v) is 11.0. The lowest BCUT2D eigenvalue weighted by molar-refractivity contribution is -0.133. The number of nitrogens with zero attached hydrogens (tertiary/aromatic N) is 4. The number of fused-ring (bicyclic) bond motifs is 1. The van der Waals surface area contributed by atoms with Gasteiger partial charge in [-0.2, -0.15) is 0 Å². The minimum atomic E-state index is 0.315. The Bertz CT molecular complexity index is 446. The number of carbonyl (C=O) groups excluding carboxylic acids is 1. The lowest BCUT2D eigenvalue weighted by Crippen LogP contribution is -2.32. The summed E-state index contributed by atoms with van der Waals surface area (Å²) in [5.74, 6) is 2.02. The Morgan fingerprint density at radius 2 is 2.22 bits per heavy atom. The SMILES string of the molecule is CCN(Cc1cn(C)nn1)C(=O)C1C2CCCC21. The molecule has 2 fully saturated rings. The van der Waals surface area contributed by atoms with Crippen LogP contribution in [0.3, 0.4) is 0 Å². The van der Waals surface area contributed by atoms with Crippen molar-refractivity contribution < 1.29 is 4.79 Å². The highest BCUT2D eigenvalue weighted by Gasteiger charge is 2.57. The van der Waals surface area contributed by atoms with E-state index in [2.05, 4.69) is 10.3 Å². The maximum absolute atomic E-state index is 12.4. The van der Waals surface area contributed by atoms with Gasteiger partial charge in [0, 0.05) is 25.7 Å². The summed E-state index contributed by atoms with van der Waals surface area (Å²) in [6.45, 7) is 3.39. The van der Waals surface area contributed by atoms with E-state index in [-0.39, 0.29) is 0 Å². The predicted octanol–water partition coefficient (Wildman–Crippen LogP) is 1.21. The molecule has 1 aromatic heterocycles. The summed E-state index contributed by atoms with van der Waals surface area (Å²) in [7, 11) is 1.85. The van der Waals surface area contributed by atoms with Crippen molar-refractivity contribution in [2.24, 2.45) is 24.8 Å². The van der Waals surface area contributed by atoms with E-state index in [0.717, 1.165) is 12.2 Å². The molecule has 0 saturated heterocycles. The molecule has 1 amide bonds. The van der Waals surface area contributed by atoms with E-state index < -0.39 is 0 Å². The van der Waals surface area contributed by atoms with E-state index in [1.165, 1.54) is 19.3 Å². The summed E-state index contributed by atoms with van der Waals surface area (Å²) in [6, 6.07) is 0. The third-order valence-electron chi connectivity index (χ3n) is 4.39. The van der Waals surface area contributed by atoms with Gasteiger partial charge in [0.1, 0.15) is 5.69 Å². The van der Waals surface area contributed by atoms with Crippen LogP contribution in [0.25, 0.3) is 0 Å². The molecule has 0 spiro atoms. The Balaban J connectivity index is 1.63. The minimum Gasteiger partial charge on any atom is -0.337 e. The highest BCUT2D eigenvalue weighted by atomic mass is 16.2. The van der Waals surface area contributed by atoms with Crippen LogP contribution in [0.2, 0.25) is 0 Å². The van der Waals surface area contributed by atoms with Crippen LogP contribution in [0.5, 0.6) is 0 Å². The van der Waals surface area contributed by atoms with Gasteiger partial charge in [-0.25, -0.2) is 0 Å². The highest BCUT2D eigenvalue weighted by Crippen LogP contribution is 2.58. The molecule has 98 valence electrons. The van der Waals surface area contributed by atoms with Gasteiger partial charge in [0.15, 0.2) is 0 Å². The Morgan fingerprint density at radius 3 is 2.78 bits per heavy atom. The molecular weight excluding hydrogens is 228 g/mol. The highest BCUT2D eigenvalue weighted by molar-refractivity contribution is 5.82. The zero-order valence-electron chi connectivity index (χ0n) is 11.0. The molecule has 2 atom stereocenters. The average molecular weight is 248 g/mol. The van der Waals surface area contributed by atoms with E-state index >= 15 is 0 Å². The first-order chi connectivity index (χ1) is 8.70. The molecule has 0 radical (unpaired) electrons. The summed E-state index contributed by atoms with van der Waals surface area (Å²) >= 11 is 0. The molecule has 2 aliphatic carbocycles. The lowest BCUT2D eigenvalue weighted by Gasteiger charge is -2.20. The van der Waals surface area contributed by atoms with Gasteiger partial charge in [-0.05, 0) is 31.6 Å². The van der Waals surface area contributed by atoms with Gasteiger partial charge in [0.25, 0.3) is 0 Å². The van der Waals surface area contributed by atoms with Gasteiger partial charge < -0.3 is 4.90 Å². The van der Waals surface area contributed by atoms with Crippen LogP contribution >= 0.6 is 0 Å². The van der Waals surface area contributed by atoms with E-state index in [9.17, 15) is 4.79 Å². The second-order valence-corrected chi connectivity index (χ2v) is 5.52. The van der Waals surface area contributed by atoms with Gasteiger partial charge in [-0.15, -0.1) is 5.10 Å². The molecule has 1 aromatic rings. The monoisotopic (exact) mass is 248 g/mol. The molecule has 0 bridgehead atoms. The Hall–Kier alpha value is -1.39. The first-order valence-electron chi connectivity index (χ1n) is 6.84. The second kappa shape index (κ2) is 4.37. The van der Waals surface area contributed by atoms with Crippen molar-refractivity contribution in [2.75, 3.05) is 6.54 Å². The topological polar surface area (TPSA) is 51.0 Å². The Morgan fingerprint density at radius 1 is 1.50 bits per heavy atom. The van der Waals surface area contributed by atoms with Gasteiger partial charge in [0.05, 0.1) is 6.54 Å². The molecule has 3 rings (SSSR count). The van der Waals surface area contributed by atoms with Crippen molar-refractivity contribution in [3.8, 4) is 0 Å². The molecule has 2 saturated carbocycles. The number of carbonyl (C=O) groups is 1.